The summed E-state index contributed by atoms with van der Waals surface area (Å²) in [5.41, 5.74) is -0.586. The lowest BCUT2D eigenvalue weighted by atomic mass is 9.85. The number of ketones is 1. The molecule has 1 aromatic rings. The summed E-state index contributed by atoms with van der Waals surface area (Å²) >= 11 is 0. The zero-order valence-electron chi connectivity index (χ0n) is 13.1. The van der Waals surface area contributed by atoms with Crippen LogP contribution in [0.4, 0.5) is 4.39 Å². The Kier molecular flexibility index (Phi) is 3.44. The maximum Gasteiger partial charge on any atom is 0.218 e. The van der Waals surface area contributed by atoms with Gasteiger partial charge >= 0.3 is 0 Å². The van der Waals surface area contributed by atoms with Gasteiger partial charge in [-0.15, -0.1) is 5.10 Å². The molecule has 3 aliphatic rings. The van der Waals surface area contributed by atoms with Crippen molar-refractivity contribution in [2.24, 2.45) is 11.3 Å². The van der Waals surface area contributed by atoms with Gasteiger partial charge in [0, 0.05) is 18.9 Å². The number of fused-ring (bicyclic) bond motifs is 1. The van der Waals surface area contributed by atoms with Crippen molar-refractivity contribution >= 4 is 5.78 Å². The molecular formula is C17H20FN3O2. The Morgan fingerprint density at radius 1 is 1.48 bits per heavy atom. The average Bonchev–Trinajstić information content (AvgIpc) is 3.25. The molecule has 0 radical (unpaired) electrons. The molecule has 5 nitrogen and oxygen atoms in total. The monoisotopic (exact) mass is 317 g/mol. The number of hydrogen-bond donors (Lipinski definition) is 0. The molecule has 1 saturated heterocycles. The molecule has 4 rings (SSSR count). The second-order valence-corrected chi connectivity index (χ2v) is 6.91. The first-order valence-electron chi connectivity index (χ1n) is 8.15. The van der Waals surface area contributed by atoms with Crippen molar-refractivity contribution in [1.82, 2.24) is 14.8 Å². The topological polar surface area (TPSA) is 57.0 Å². The lowest BCUT2D eigenvalue weighted by Crippen LogP contribution is -2.29. The fourth-order valence-electron chi connectivity index (χ4n) is 3.66. The largest absolute Gasteiger partial charge is 0.380 e. The summed E-state index contributed by atoms with van der Waals surface area (Å²) in [6.45, 7) is 2.82. The predicted octanol–water partition coefficient (Wildman–Crippen LogP) is 2.98. The van der Waals surface area contributed by atoms with Crippen LogP contribution in [0.15, 0.2) is 24.3 Å². The van der Waals surface area contributed by atoms with Crippen LogP contribution < -0.4 is 0 Å². The van der Waals surface area contributed by atoms with Crippen LogP contribution in [0.5, 0.6) is 0 Å². The fourth-order valence-corrected chi connectivity index (χ4v) is 3.66. The summed E-state index contributed by atoms with van der Waals surface area (Å²) in [5, 5.41) is 4.39. The Morgan fingerprint density at radius 3 is 3.04 bits per heavy atom. The molecule has 23 heavy (non-hydrogen) atoms. The summed E-state index contributed by atoms with van der Waals surface area (Å²) < 4.78 is 21.4. The van der Waals surface area contributed by atoms with Crippen LogP contribution in [-0.4, -0.2) is 33.8 Å². The van der Waals surface area contributed by atoms with E-state index in [0.717, 1.165) is 6.42 Å². The SMILES string of the molecule is C[C@@]1(C(=O)c2nc3n(n2)[C@H](C2C=CC=CC2)C[C@@H]3F)CCOC1. The van der Waals surface area contributed by atoms with Crippen LogP contribution in [-0.2, 0) is 4.74 Å². The van der Waals surface area contributed by atoms with Crippen LogP contribution in [0.3, 0.4) is 0 Å². The van der Waals surface area contributed by atoms with E-state index in [2.05, 4.69) is 22.2 Å². The minimum absolute atomic E-state index is 0.0668. The van der Waals surface area contributed by atoms with Crippen LogP contribution >= 0.6 is 0 Å². The minimum atomic E-state index is -1.15. The van der Waals surface area contributed by atoms with Gasteiger partial charge in [0.25, 0.3) is 0 Å². The second-order valence-electron chi connectivity index (χ2n) is 6.91. The van der Waals surface area contributed by atoms with E-state index in [1.165, 1.54) is 0 Å². The summed E-state index contributed by atoms with van der Waals surface area (Å²) in [6.07, 6.45) is 8.90. The molecule has 0 amide bonds. The second kappa shape index (κ2) is 5.37. The van der Waals surface area contributed by atoms with E-state index in [-0.39, 0.29) is 23.6 Å². The van der Waals surface area contributed by atoms with Crippen molar-refractivity contribution in [2.75, 3.05) is 13.2 Å². The highest BCUT2D eigenvalue weighted by molar-refractivity contribution is 5.97. The van der Waals surface area contributed by atoms with Crippen LogP contribution in [0.1, 0.15) is 54.8 Å². The first-order valence-corrected chi connectivity index (χ1v) is 8.15. The Labute approximate surface area is 134 Å². The van der Waals surface area contributed by atoms with Gasteiger partial charge in [0.15, 0.2) is 12.0 Å². The minimum Gasteiger partial charge on any atom is -0.380 e. The maximum atomic E-state index is 14.4. The number of ether oxygens (including phenoxy) is 1. The smallest absolute Gasteiger partial charge is 0.218 e. The Hall–Kier alpha value is -1.82. The van der Waals surface area contributed by atoms with Crippen LogP contribution in [0.25, 0.3) is 0 Å². The third-order valence-electron chi connectivity index (χ3n) is 5.18. The predicted molar refractivity (Wildman–Crippen MR) is 81.8 cm³/mol. The van der Waals surface area contributed by atoms with E-state index >= 15 is 0 Å². The first kappa shape index (κ1) is 14.8. The van der Waals surface area contributed by atoms with Crippen molar-refractivity contribution < 1.29 is 13.9 Å². The molecule has 0 N–H and O–H groups in total. The Bertz CT molecular complexity index is 688. The number of hydrogen-bond acceptors (Lipinski definition) is 4. The highest BCUT2D eigenvalue weighted by Gasteiger charge is 2.43. The standard InChI is InChI=1S/C17H20FN3O2/c1-17(7-8-23-10-17)14(22)15-19-16-12(18)9-13(21(16)20-15)11-5-3-2-4-6-11/h2-5,11-13H,6-10H2,1H3/t11?,12-,13-,17+/m0/s1. The van der Waals surface area contributed by atoms with Crippen molar-refractivity contribution in [1.29, 1.82) is 0 Å². The highest BCUT2D eigenvalue weighted by Crippen LogP contribution is 2.42. The van der Waals surface area contributed by atoms with Gasteiger partial charge in [0.1, 0.15) is 0 Å². The van der Waals surface area contributed by atoms with Crippen molar-refractivity contribution in [3.8, 4) is 0 Å². The fraction of sp³-hybridized carbons (Fsp3) is 0.588. The van der Waals surface area contributed by atoms with E-state index in [9.17, 15) is 9.18 Å². The molecule has 1 unspecified atom stereocenters. The summed E-state index contributed by atoms with van der Waals surface area (Å²) in [7, 11) is 0. The molecule has 2 aliphatic heterocycles. The average molecular weight is 317 g/mol. The third-order valence-corrected chi connectivity index (χ3v) is 5.18. The number of carbonyl (C=O) groups excluding carboxylic acids is 1. The van der Waals surface area contributed by atoms with Crippen molar-refractivity contribution in [3.63, 3.8) is 0 Å². The lowest BCUT2D eigenvalue weighted by Gasteiger charge is -2.21. The number of rotatable bonds is 3. The number of carbonyl (C=O) groups is 1. The van der Waals surface area contributed by atoms with E-state index < -0.39 is 11.6 Å². The van der Waals surface area contributed by atoms with Crippen molar-refractivity contribution in [2.45, 2.75) is 38.4 Å². The lowest BCUT2D eigenvalue weighted by molar-refractivity contribution is 0.0766. The summed E-state index contributed by atoms with van der Waals surface area (Å²) in [4.78, 5) is 16.9. The number of allylic oxidation sites excluding steroid dienone is 4. The van der Waals surface area contributed by atoms with Crippen LogP contribution in [0.2, 0.25) is 0 Å². The van der Waals surface area contributed by atoms with E-state index in [0.29, 0.717) is 31.9 Å². The molecule has 4 atom stereocenters. The highest BCUT2D eigenvalue weighted by atomic mass is 19.1. The van der Waals surface area contributed by atoms with Crippen molar-refractivity contribution in [3.05, 3.63) is 36.0 Å². The van der Waals surface area contributed by atoms with Crippen LogP contribution in [0, 0.1) is 11.3 Å². The molecule has 6 heteroatoms. The maximum absolute atomic E-state index is 14.4. The zero-order chi connectivity index (χ0) is 16.0. The third kappa shape index (κ3) is 2.36. The normalized spacial score (nSPS) is 35.7. The van der Waals surface area contributed by atoms with E-state index in [1.807, 2.05) is 19.1 Å². The molecule has 1 aromatic heterocycles. The van der Waals surface area contributed by atoms with Gasteiger partial charge in [-0.3, -0.25) is 4.79 Å². The van der Waals surface area contributed by atoms with Gasteiger partial charge in [-0.05, 0) is 19.8 Å². The van der Waals surface area contributed by atoms with Gasteiger partial charge < -0.3 is 4.74 Å². The van der Waals surface area contributed by atoms with Gasteiger partial charge in [-0.2, -0.15) is 0 Å². The van der Waals surface area contributed by atoms with Gasteiger partial charge in [-0.1, -0.05) is 24.3 Å². The molecule has 0 bridgehead atoms. The van der Waals surface area contributed by atoms with Gasteiger partial charge in [0.05, 0.1) is 18.1 Å². The first-order chi connectivity index (χ1) is 11.1. The van der Waals surface area contributed by atoms with E-state index in [1.54, 1.807) is 4.68 Å². The molecule has 1 fully saturated rings. The summed E-state index contributed by atoms with van der Waals surface area (Å²) in [6, 6.07) is -0.0668. The Balaban J connectivity index is 1.64. The molecule has 0 saturated carbocycles. The number of aromatic nitrogens is 3. The molecule has 122 valence electrons. The number of nitrogens with zero attached hydrogens (tertiary/aromatic N) is 3. The molecule has 1 aliphatic carbocycles. The number of halogens is 1. The van der Waals surface area contributed by atoms with Gasteiger partial charge in [-0.25, -0.2) is 14.1 Å². The molecule has 3 heterocycles. The zero-order valence-corrected chi connectivity index (χ0v) is 13.1. The summed E-state index contributed by atoms with van der Waals surface area (Å²) in [5.74, 6) is 0.496. The molecular weight excluding hydrogens is 297 g/mol. The van der Waals surface area contributed by atoms with Gasteiger partial charge in [0.2, 0.25) is 11.6 Å². The quantitative estimate of drug-likeness (QED) is 0.804. The number of alkyl halides is 1. The number of Topliss-reactive ketones (excluding diaryl/α,β-unsaturated/α-hetero) is 1. The molecule has 0 spiro atoms. The Morgan fingerprint density at radius 2 is 2.35 bits per heavy atom. The van der Waals surface area contributed by atoms with E-state index in [4.69, 9.17) is 4.74 Å². The molecule has 0 aromatic carbocycles.